The van der Waals surface area contributed by atoms with Gasteiger partial charge >= 0.3 is 0 Å². The quantitative estimate of drug-likeness (QED) is 0.413. The van der Waals surface area contributed by atoms with E-state index < -0.39 is 0 Å². The Kier molecular flexibility index (Phi) is 6.68. The van der Waals surface area contributed by atoms with Gasteiger partial charge in [0.05, 0.1) is 12.6 Å². The molecule has 0 radical (unpaired) electrons. The van der Waals surface area contributed by atoms with Gasteiger partial charge in [0.25, 0.3) is 0 Å². The summed E-state index contributed by atoms with van der Waals surface area (Å²) in [6.07, 6.45) is 7.25. The number of ether oxygens (including phenoxy) is 1. The largest absolute Gasteiger partial charge is 0.378 e. The van der Waals surface area contributed by atoms with E-state index in [9.17, 15) is 0 Å². The Morgan fingerprint density at radius 3 is 2.77 bits per heavy atom. The molecule has 2 fully saturated rings. The van der Waals surface area contributed by atoms with Crippen LogP contribution in [0.4, 0.5) is 0 Å². The minimum Gasteiger partial charge on any atom is -0.378 e. The van der Waals surface area contributed by atoms with Crippen molar-refractivity contribution in [3.05, 3.63) is 30.2 Å². The average molecular weight is 470 g/mol. The molecule has 7 nitrogen and oxygen atoms in total. The molecule has 142 valence electrons. The van der Waals surface area contributed by atoms with Crippen LogP contribution in [0.1, 0.15) is 31.5 Å². The van der Waals surface area contributed by atoms with Gasteiger partial charge in [0, 0.05) is 32.9 Å². The number of fused-ring (bicyclic) bond motifs is 1. The fourth-order valence-electron chi connectivity index (χ4n) is 3.29. The van der Waals surface area contributed by atoms with Crippen LogP contribution in [0.25, 0.3) is 5.65 Å². The van der Waals surface area contributed by atoms with Crippen molar-refractivity contribution in [2.24, 2.45) is 10.9 Å². The smallest absolute Gasteiger partial charge is 0.194 e. The van der Waals surface area contributed by atoms with Crippen LogP contribution >= 0.6 is 24.0 Å². The number of hydrogen-bond acceptors (Lipinski definition) is 4. The predicted molar refractivity (Wildman–Crippen MR) is 112 cm³/mol. The molecule has 26 heavy (non-hydrogen) atoms. The lowest BCUT2D eigenvalue weighted by molar-refractivity contribution is 0.0131. The van der Waals surface area contributed by atoms with E-state index in [1.54, 1.807) is 0 Å². The van der Waals surface area contributed by atoms with Gasteiger partial charge in [0.1, 0.15) is 0 Å². The maximum Gasteiger partial charge on any atom is 0.194 e. The number of hydrogen-bond donors (Lipinski definition) is 1. The van der Waals surface area contributed by atoms with E-state index in [1.165, 1.54) is 12.8 Å². The molecule has 1 saturated carbocycles. The van der Waals surface area contributed by atoms with Crippen molar-refractivity contribution in [3.63, 3.8) is 0 Å². The number of aromatic nitrogens is 3. The summed E-state index contributed by atoms with van der Waals surface area (Å²) >= 11 is 0. The lowest BCUT2D eigenvalue weighted by Gasteiger charge is -2.34. The highest BCUT2D eigenvalue weighted by Gasteiger charge is 2.26. The van der Waals surface area contributed by atoms with E-state index in [2.05, 4.69) is 25.4 Å². The summed E-state index contributed by atoms with van der Waals surface area (Å²) in [4.78, 5) is 6.74. The van der Waals surface area contributed by atoms with Crippen molar-refractivity contribution in [2.45, 2.75) is 38.3 Å². The Labute approximate surface area is 171 Å². The molecule has 2 aromatic heterocycles. The van der Waals surface area contributed by atoms with E-state index in [4.69, 9.17) is 4.74 Å². The summed E-state index contributed by atoms with van der Waals surface area (Å²) < 4.78 is 8.03. The Morgan fingerprint density at radius 2 is 2.04 bits per heavy atom. The number of halogens is 1. The van der Waals surface area contributed by atoms with Crippen LogP contribution in [0.15, 0.2) is 29.4 Å². The van der Waals surface area contributed by atoms with Crippen LogP contribution in [0, 0.1) is 5.92 Å². The zero-order chi connectivity index (χ0) is 17.1. The fraction of sp³-hybridized carbons (Fsp3) is 0.611. The SMILES string of the molecule is CN=C(NCc1nnc2ccccn12)N1CCC(OCC2CC2)CC1.I. The van der Waals surface area contributed by atoms with Gasteiger partial charge in [0.15, 0.2) is 17.4 Å². The summed E-state index contributed by atoms with van der Waals surface area (Å²) in [5.41, 5.74) is 0.864. The molecule has 1 saturated heterocycles. The molecule has 0 bridgehead atoms. The third kappa shape index (κ3) is 4.64. The molecule has 1 N–H and O–H groups in total. The molecule has 3 heterocycles. The number of guanidine groups is 1. The summed E-state index contributed by atoms with van der Waals surface area (Å²) in [5.74, 6) is 2.65. The molecule has 8 heteroatoms. The van der Waals surface area contributed by atoms with Crippen molar-refractivity contribution < 1.29 is 4.74 Å². The maximum absolute atomic E-state index is 6.03. The van der Waals surface area contributed by atoms with Crippen molar-refractivity contribution in [3.8, 4) is 0 Å². The highest BCUT2D eigenvalue weighted by molar-refractivity contribution is 14.0. The topological polar surface area (TPSA) is 67.0 Å². The van der Waals surface area contributed by atoms with Gasteiger partial charge in [-0.1, -0.05) is 6.07 Å². The van der Waals surface area contributed by atoms with Gasteiger partial charge in [-0.2, -0.15) is 0 Å². The number of piperidine rings is 1. The first-order valence-corrected chi connectivity index (χ1v) is 9.19. The number of pyridine rings is 1. The Balaban J connectivity index is 0.00000196. The summed E-state index contributed by atoms with van der Waals surface area (Å²) in [6.45, 7) is 3.53. The molecule has 0 aromatic carbocycles. The average Bonchev–Trinajstić information content (AvgIpc) is 3.41. The van der Waals surface area contributed by atoms with E-state index in [1.807, 2.05) is 35.8 Å². The van der Waals surface area contributed by atoms with Crippen LogP contribution in [-0.2, 0) is 11.3 Å². The van der Waals surface area contributed by atoms with E-state index in [-0.39, 0.29) is 24.0 Å². The monoisotopic (exact) mass is 470 g/mol. The number of likely N-dealkylation sites (tertiary alicyclic amines) is 1. The molecule has 4 rings (SSSR count). The summed E-state index contributed by atoms with van der Waals surface area (Å²) in [6, 6.07) is 5.91. The number of nitrogens with zero attached hydrogens (tertiary/aromatic N) is 5. The minimum atomic E-state index is 0. The highest BCUT2D eigenvalue weighted by Crippen LogP contribution is 2.30. The van der Waals surface area contributed by atoms with E-state index in [0.717, 1.165) is 55.9 Å². The highest BCUT2D eigenvalue weighted by atomic mass is 127. The number of aliphatic imine (C=N–C) groups is 1. The molecule has 0 amide bonds. The van der Waals surface area contributed by atoms with Crippen LogP contribution in [0.3, 0.4) is 0 Å². The normalized spacial score (nSPS) is 18.8. The van der Waals surface area contributed by atoms with E-state index >= 15 is 0 Å². The van der Waals surface area contributed by atoms with Crippen molar-refractivity contribution in [2.75, 3.05) is 26.7 Å². The molecule has 1 aliphatic carbocycles. The van der Waals surface area contributed by atoms with Crippen molar-refractivity contribution in [1.82, 2.24) is 24.8 Å². The summed E-state index contributed by atoms with van der Waals surface area (Å²) in [7, 11) is 1.83. The van der Waals surface area contributed by atoms with Crippen molar-refractivity contribution in [1.29, 1.82) is 0 Å². The van der Waals surface area contributed by atoms with Crippen LogP contribution in [0.5, 0.6) is 0 Å². The predicted octanol–water partition coefficient (Wildman–Crippen LogP) is 2.31. The molecule has 2 aliphatic rings. The standard InChI is InChI=1S/C18H26N6O.HI/c1-19-18(20-12-17-22-21-16-4-2-3-9-24(16)17)23-10-7-15(8-11-23)25-13-14-5-6-14;/h2-4,9,14-15H,5-8,10-13H2,1H3,(H,19,20);1H. The Morgan fingerprint density at radius 1 is 1.23 bits per heavy atom. The zero-order valence-corrected chi connectivity index (χ0v) is 17.5. The molecule has 0 atom stereocenters. The zero-order valence-electron chi connectivity index (χ0n) is 15.2. The van der Waals surface area contributed by atoms with Crippen LogP contribution in [0.2, 0.25) is 0 Å². The minimum absolute atomic E-state index is 0. The van der Waals surface area contributed by atoms with Gasteiger partial charge in [0.2, 0.25) is 0 Å². The van der Waals surface area contributed by atoms with Gasteiger partial charge < -0.3 is 15.0 Å². The van der Waals surface area contributed by atoms with Crippen LogP contribution < -0.4 is 5.32 Å². The molecule has 1 aliphatic heterocycles. The van der Waals surface area contributed by atoms with Gasteiger partial charge in [-0.25, -0.2) is 0 Å². The van der Waals surface area contributed by atoms with Crippen LogP contribution in [-0.4, -0.2) is 58.3 Å². The molecule has 0 unspecified atom stereocenters. The van der Waals surface area contributed by atoms with Gasteiger partial charge in [-0.3, -0.25) is 9.39 Å². The first kappa shape index (κ1) is 19.3. The fourth-order valence-corrected chi connectivity index (χ4v) is 3.29. The van der Waals surface area contributed by atoms with Gasteiger partial charge in [-0.05, 0) is 43.7 Å². The Bertz CT molecular complexity index is 736. The third-order valence-corrected chi connectivity index (χ3v) is 5.01. The Hall–Kier alpha value is -1.42. The molecular formula is C18H27IN6O. The summed E-state index contributed by atoms with van der Waals surface area (Å²) in [5, 5.41) is 11.9. The maximum atomic E-state index is 6.03. The molecular weight excluding hydrogens is 443 g/mol. The number of nitrogens with one attached hydrogen (secondary N) is 1. The molecule has 0 spiro atoms. The third-order valence-electron chi connectivity index (χ3n) is 5.01. The lowest BCUT2D eigenvalue weighted by Crippen LogP contribution is -2.47. The molecule has 2 aromatic rings. The number of rotatable bonds is 5. The second-order valence-corrected chi connectivity index (χ2v) is 6.91. The first-order chi connectivity index (χ1) is 12.3. The van der Waals surface area contributed by atoms with Gasteiger partial charge in [-0.15, -0.1) is 34.2 Å². The second kappa shape index (κ2) is 8.98. The second-order valence-electron chi connectivity index (χ2n) is 6.91. The van der Waals surface area contributed by atoms with Crippen molar-refractivity contribution >= 4 is 35.6 Å². The lowest BCUT2D eigenvalue weighted by atomic mass is 10.1. The van der Waals surface area contributed by atoms with E-state index in [0.29, 0.717) is 12.6 Å². The first-order valence-electron chi connectivity index (χ1n) is 9.19.